The molecule has 228 valence electrons. The number of nitrogens with one attached hydrogen (secondary N) is 2. The summed E-state index contributed by atoms with van der Waals surface area (Å²) < 4.78 is 0. The average molecular weight is 581 g/mol. The minimum absolute atomic E-state index is 0.0132. The van der Waals surface area contributed by atoms with E-state index in [1.807, 2.05) is 42.5 Å². The van der Waals surface area contributed by atoms with E-state index in [2.05, 4.69) is 66.6 Å². The number of carbonyl (C=O) groups excluding carboxylic acids is 2. The Hall–Kier alpha value is -3.48. The van der Waals surface area contributed by atoms with Crippen LogP contribution in [-0.4, -0.2) is 41.9 Å². The molecule has 1 saturated heterocycles. The molecule has 0 radical (unpaired) electrons. The van der Waals surface area contributed by atoms with Gasteiger partial charge in [-0.05, 0) is 97.5 Å². The van der Waals surface area contributed by atoms with Crippen LogP contribution < -0.4 is 16.4 Å². The molecule has 5 rings (SSSR count). The number of rotatable bonds is 8. The Kier molecular flexibility index (Phi) is 9.99. The largest absolute Gasteiger partial charge is 0.348 e. The van der Waals surface area contributed by atoms with Crippen LogP contribution in [0.15, 0.2) is 72.8 Å². The number of piperidine rings is 1. The standard InChI is InChI=1S/C37H48N4O2/c1-37(2,3)31-17-15-28(16-18-31)35(42)40-34-24-29(36(43)39-33-12-8-7-11-32(33)38)13-14-30(34)25-41-21-19-27(20-22-41)23-26-9-5-4-6-10-26/h4-6,9-10,13-18,24,27,32-33H,7-8,11-12,19-23,25,38H2,1-3H3,(H,39,43)(H,40,42). The molecule has 1 aliphatic carbocycles. The van der Waals surface area contributed by atoms with E-state index in [0.717, 1.165) is 70.1 Å². The molecule has 1 saturated carbocycles. The van der Waals surface area contributed by atoms with E-state index in [1.54, 1.807) is 0 Å². The molecule has 1 aliphatic heterocycles. The number of benzene rings is 3. The molecule has 0 aromatic heterocycles. The van der Waals surface area contributed by atoms with E-state index in [9.17, 15) is 9.59 Å². The van der Waals surface area contributed by atoms with Gasteiger partial charge in [-0.25, -0.2) is 0 Å². The fourth-order valence-electron chi connectivity index (χ4n) is 6.42. The van der Waals surface area contributed by atoms with E-state index >= 15 is 0 Å². The van der Waals surface area contributed by atoms with E-state index in [1.165, 1.54) is 11.1 Å². The van der Waals surface area contributed by atoms with Crippen LogP contribution in [0.2, 0.25) is 0 Å². The molecule has 2 unspecified atom stereocenters. The van der Waals surface area contributed by atoms with Crippen LogP contribution in [-0.2, 0) is 18.4 Å². The third kappa shape index (κ3) is 8.33. The highest BCUT2D eigenvalue weighted by Crippen LogP contribution is 2.27. The number of nitrogens with two attached hydrogens (primary N) is 1. The van der Waals surface area contributed by atoms with Crippen molar-refractivity contribution in [3.63, 3.8) is 0 Å². The van der Waals surface area contributed by atoms with E-state index < -0.39 is 0 Å². The summed E-state index contributed by atoms with van der Waals surface area (Å²) in [6.07, 6.45) is 7.45. The number of carbonyl (C=O) groups is 2. The molecule has 2 aliphatic rings. The summed E-state index contributed by atoms with van der Waals surface area (Å²) >= 11 is 0. The maximum absolute atomic E-state index is 13.4. The van der Waals surface area contributed by atoms with Gasteiger partial charge in [0.15, 0.2) is 0 Å². The molecule has 6 heteroatoms. The molecule has 2 fully saturated rings. The van der Waals surface area contributed by atoms with Crippen LogP contribution in [0.3, 0.4) is 0 Å². The van der Waals surface area contributed by atoms with Crippen LogP contribution in [0.4, 0.5) is 5.69 Å². The van der Waals surface area contributed by atoms with Gasteiger partial charge in [0.1, 0.15) is 0 Å². The van der Waals surface area contributed by atoms with E-state index in [4.69, 9.17) is 5.73 Å². The Bertz CT molecular complexity index is 1370. The quantitative estimate of drug-likeness (QED) is 0.277. The van der Waals surface area contributed by atoms with E-state index in [0.29, 0.717) is 22.7 Å². The predicted octanol–water partition coefficient (Wildman–Crippen LogP) is 6.69. The minimum Gasteiger partial charge on any atom is -0.348 e. The van der Waals surface area contributed by atoms with Crippen molar-refractivity contribution in [1.82, 2.24) is 10.2 Å². The summed E-state index contributed by atoms with van der Waals surface area (Å²) in [4.78, 5) is 29.2. The van der Waals surface area contributed by atoms with Crippen LogP contribution in [0.1, 0.15) is 96.7 Å². The van der Waals surface area contributed by atoms with Crippen molar-refractivity contribution in [1.29, 1.82) is 0 Å². The van der Waals surface area contributed by atoms with Gasteiger partial charge in [0.25, 0.3) is 11.8 Å². The number of nitrogens with zero attached hydrogens (tertiary/aromatic N) is 1. The molecule has 3 aromatic carbocycles. The number of likely N-dealkylation sites (tertiary alicyclic amines) is 1. The van der Waals surface area contributed by atoms with Gasteiger partial charge in [-0.1, -0.05) is 82.1 Å². The lowest BCUT2D eigenvalue weighted by atomic mass is 9.86. The molecule has 43 heavy (non-hydrogen) atoms. The van der Waals surface area contributed by atoms with Crippen molar-refractivity contribution >= 4 is 17.5 Å². The second kappa shape index (κ2) is 13.9. The summed E-state index contributed by atoms with van der Waals surface area (Å²) in [6, 6.07) is 24.2. The lowest BCUT2D eigenvalue weighted by Gasteiger charge is -2.32. The summed E-state index contributed by atoms with van der Waals surface area (Å²) in [5, 5.41) is 6.31. The first kappa shape index (κ1) is 31.0. The zero-order valence-electron chi connectivity index (χ0n) is 26.1. The van der Waals surface area contributed by atoms with Crippen molar-refractivity contribution in [2.45, 2.75) is 89.8 Å². The van der Waals surface area contributed by atoms with Crippen molar-refractivity contribution in [3.8, 4) is 0 Å². The van der Waals surface area contributed by atoms with Gasteiger partial charge in [0.2, 0.25) is 0 Å². The molecule has 0 spiro atoms. The van der Waals surface area contributed by atoms with Crippen molar-refractivity contribution < 1.29 is 9.59 Å². The molecule has 4 N–H and O–H groups in total. The maximum Gasteiger partial charge on any atom is 0.255 e. The summed E-state index contributed by atoms with van der Waals surface area (Å²) in [6.45, 7) is 9.24. The number of anilines is 1. The summed E-state index contributed by atoms with van der Waals surface area (Å²) in [7, 11) is 0. The molecule has 2 amide bonds. The molecule has 1 heterocycles. The van der Waals surface area contributed by atoms with Gasteiger partial charge < -0.3 is 16.4 Å². The normalized spacial score (nSPS) is 20.0. The van der Waals surface area contributed by atoms with Crippen LogP contribution in [0.5, 0.6) is 0 Å². The molecule has 3 aromatic rings. The topological polar surface area (TPSA) is 87.5 Å². The molecular weight excluding hydrogens is 532 g/mol. The molecule has 0 bridgehead atoms. The highest BCUT2D eigenvalue weighted by molar-refractivity contribution is 6.05. The van der Waals surface area contributed by atoms with E-state index in [-0.39, 0.29) is 29.3 Å². The van der Waals surface area contributed by atoms with Crippen molar-refractivity contribution in [3.05, 3.63) is 101 Å². The van der Waals surface area contributed by atoms with Crippen LogP contribution >= 0.6 is 0 Å². The summed E-state index contributed by atoms with van der Waals surface area (Å²) in [5.74, 6) is 0.377. The first-order valence-corrected chi connectivity index (χ1v) is 16.0. The highest BCUT2D eigenvalue weighted by atomic mass is 16.2. The average Bonchev–Trinajstić information content (AvgIpc) is 3.00. The molecular formula is C37H48N4O2. The zero-order chi connectivity index (χ0) is 30.4. The third-order valence-electron chi connectivity index (χ3n) is 9.24. The second-order valence-corrected chi connectivity index (χ2v) is 13.6. The van der Waals surface area contributed by atoms with Crippen LogP contribution in [0.25, 0.3) is 0 Å². The van der Waals surface area contributed by atoms with Gasteiger partial charge in [-0.15, -0.1) is 0 Å². The van der Waals surface area contributed by atoms with Gasteiger partial charge in [-0.2, -0.15) is 0 Å². The molecule has 2 atom stereocenters. The number of hydrogen-bond acceptors (Lipinski definition) is 4. The number of hydrogen-bond donors (Lipinski definition) is 3. The predicted molar refractivity (Wildman–Crippen MR) is 175 cm³/mol. The molecule has 6 nitrogen and oxygen atoms in total. The Morgan fingerprint density at radius 3 is 2.19 bits per heavy atom. The fourth-order valence-corrected chi connectivity index (χ4v) is 6.42. The van der Waals surface area contributed by atoms with Crippen LogP contribution in [0, 0.1) is 5.92 Å². The Morgan fingerprint density at radius 1 is 0.837 bits per heavy atom. The zero-order valence-corrected chi connectivity index (χ0v) is 26.1. The van der Waals surface area contributed by atoms with Crippen molar-refractivity contribution in [2.75, 3.05) is 18.4 Å². The monoisotopic (exact) mass is 580 g/mol. The lowest BCUT2D eigenvalue weighted by molar-refractivity contribution is 0.0920. The van der Waals surface area contributed by atoms with Gasteiger partial charge in [0, 0.05) is 35.4 Å². The van der Waals surface area contributed by atoms with Gasteiger partial charge >= 0.3 is 0 Å². The third-order valence-corrected chi connectivity index (χ3v) is 9.24. The minimum atomic E-state index is -0.171. The maximum atomic E-state index is 13.4. The highest BCUT2D eigenvalue weighted by Gasteiger charge is 2.25. The van der Waals surface area contributed by atoms with Gasteiger partial charge in [-0.3, -0.25) is 14.5 Å². The lowest BCUT2D eigenvalue weighted by Crippen LogP contribution is -2.49. The Balaban J connectivity index is 1.30. The Morgan fingerprint density at radius 2 is 1.51 bits per heavy atom. The SMILES string of the molecule is CC(C)(C)c1ccc(C(=O)Nc2cc(C(=O)NC3CCCCC3N)ccc2CN2CCC(Cc3ccccc3)CC2)cc1. The number of amides is 2. The summed E-state index contributed by atoms with van der Waals surface area (Å²) in [5.41, 5.74) is 11.8. The first-order valence-electron chi connectivity index (χ1n) is 16.0. The smallest absolute Gasteiger partial charge is 0.255 e. The Labute approximate surface area is 257 Å². The first-order chi connectivity index (χ1) is 20.7. The fraction of sp³-hybridized carbons (Fsp3) is 0.459. The van der Waals surface area contributed by atoms with Crippen molar-refractivity contribution in [2.24, 2.45) is 11.7 Å². The van der Waals surface area contributed by atoms with Gasteiger partial charge in [0.05, 0.1) is 0 Å². The second-order valence-electron chi connectivity index (χ2n) is 13.6.